The molecule has 2 atom stereocenters. The summed E-state index contributed by atoms with van der Waals surface area (Å²) in [7, 11) is 0. The van der Waals surface area contributed by atoms with E-state index in [1.807, 2.05) is 30.6 Å². The van der Waals surface area contributed by atoms with Crippen LogP contribution in [-0.2, 0) is 22.7 Å². The molecule has 204 valence electrons. The highest BCUT2D eigenvalue weighted by atomic mass is 19.4. The van der Waals surface area contributed by atoms with E-state index in [9.17, 15) is 30.7 Å². The molecule has 7 nitrogen and oxygen atoms in total. The summed E-state index contributed by atoms with van der Waals surface area (Å²) in [4.78, 5) is 27.2. The number of carbonyl (C=O) groups is 2. The van der Waals surface area contributed by atoms with Gasteiger partial charge in [0, 0.05) is 50.7 Å². The molecular formula is C23H24F7N3O4. The molecule has 0 radical (unpaired) electrons. The van der Waals surface area contributed by atoms with Crippen molar-refractivity contribution in [3.05, 3.63) is 65.7 Å². The molecule has 1 aromatic heterocycles. The molecule has 2 N–H and O–H groups in total. The Hall–Kier alpha value is -3.26. The van der Waals surface area contributed by atoms with Gasteiger partial charge in [-0.3, -0.25) is 14.8 Å². The number of likely N-dealkylation sites (tertiary alicyclic amines) is 2. The summed E-state index contributed by atoms with van der Waals surface area (Å²) in [5.41, 5.74) is 2.50. The van der Waals surface area contributed by atoms with E-state index in [4.69, 9.17) is 19.8 Å². The number of nitrogens with zero attached hydrogens (tertiary/aromatic N) is 3. The molecule has 2 aliphatic rings. The van der Waals surface area contributed by atoms with Gasteiger partial charge in [-0.1, -0.05) is 18.2 Å². The lowest BCUT2D eigenvalue weighted by atomic mass is 10.1. The Morgan fingerprint density at radius 2 is 1.24 bits per heavy atom. The summed E-state index contributed by atoms with van der Waals surface area (Å²) in [5, 5.41) is 14.2. The van der Waals surface area contributed by atoms with Crippen LogP contribution in [0.4, 0.5) is 30.7 Å². The van der Waals surface area contributed by atoms with Crippen molar-refractivity contribution in [1.82, 2.24) is 14.8 Å². The number of hydrogen-bond acceptors (Lipinski definition) is 5. The van der Waals surface area contributed by atoms with E-state index in [2.05, 4.69) is 20.9 Å². The zero-order valence-electron chi connectivity index (χ0n) is 19.2. The van der Waals surface area contributed by atoms with E-state index < -0.39 is 24.3 Å². The van der Waals surface area contributed by atoms with Gasteiger partial charge in [0.15, 0.2) is 0 Å². The van der Waals surface area contributed by atoms with Gasteiger partial charge in [0.1, 0.15) is 5.82 Å². The fourth-order valence-corrected chi connectivity index (χ4v) is 4.11. The molecule has 2 saturated heterocycles. The van der Waals surface area contributed by atoms with Crippen molar-refractivity contribution >= 4 is 11.9 Å². The Labute approximate surface area is 207 Å². The van der Waals surface area contributed by atoms with Crippen LogP contribution in [0.1, 0.15) is 24.0 Å². The standard InChI is InChI=1S/C19H22FN3.2C2HF3O2/c20-17-5-3-15(4-6-17)13-22-10-7-19-18(22)8-11-23(19)14-16-2-1-9-21-12-16;2*3-2(4,5)1(6)7/h1-6,9,12,18-19H,7-8,10-11,13-14H2;2*(H,6,7)/t18-,19+;;/m1../s1. The molecule has 1 aromatic carbocycles. The smallest absolute Gasteiger partial charge is 0.475 e. The number of rotatable bonds is 4. The highest BCUT2D eigenvalue weighted by molar-refractivity contribution is 5.73. The second kappa shape index (κ2) is 12.8. The van der Waals surface area contributed by atoms with Gasteiger partial charge in [-0.15, -0.1) is 0 Å². The molecule has 14 heteroatoms. The number of hydrogen-bond donors (Lipinski definition) is 2. The SMILES string of the molecule is Fc1ccc(CN2CC[C@H]3[C@H]2CCN3Cc2cccnc2)cc1.O=C(O)C(F)(F)F.O=C(O)C(F)(F)F. The molecule has 4 rings (SSSR count). The lowest BCUT2D eigenvalue weighted by Crippen LogP contribution is -2.36. The third-order valence-electron chi connectivity index (χ3n) is 5.70. The minimum absolute atomic E-state index is 0.156. The predicted molar refractivity (Wildman–Crippen MR) is 116 cm³/mol. The molecule has 3 heterocycles. The molecule has 2 aliphatic heterocycles. The van der Waals surface area contributed by atoms with Gasteiger partial charge in [-0.2, -0.15) is 26.3 Å². The van der Waals surface area contributed by atoms with Crippen LogP contribution in [0.25, 0.3) is 0 Å². The first-order valence-electron chi connectivity index (χ1n) is 10.9. The molecule has 2 aromatic rings. The molecule has 0 saturated carbocycles. The number of aliphatic carboxylic acids is 2. The number of carboxylic acid groups (broad SMARTS) is 2. The highest BCUT2D eigenvalue weighted by Gasteiger charge is 2.42. The minimum atomic E-state index is -5.08. The number of fused-ring (bicyclic) bond motifs is 1. The summed E-state index contributed by atoms with van der Waals surface area (Å²) in [6.07, 6.45) is -3.91. The monoisotopic (exact) mass is 539 g/mol. The predicted octanol–water partition coefficient (Wildman–Crippen LogP) is 4.34. The van der Waals surface area contributed by atoms with Crippen LogP contribution in [-0.4, -0.2) is 74.5 Å². The number of carboxylic acids is 2. The quantitative estimate of drug-likeness (QED) is 0.559. The van der Waals surface area contributed by atoms with Crippen molar-refractivity contribution in [2.45, 2.75) is 50.4 Å². The number of pyridine rings is 1. The van der Waals surface area contributed by atoms with Crippen LogP contribution in [0.2, 0.25) is 0 Å². The lowest BCUT2D eigenvalue weighted by Gasteiger charge is -2.25. The van der Waals surface area contributed by atoms with Crippen molar-refractivity contribution < 1.29 is 50.5 Å². The minimum Gasteiger partial charge on any atom is -0.475 e. The normalized spacial score (nSPS) is 19.8. The largest absolute Gasteiger partial charge is 0.490 e. The third-order valence-corrected chi connectivity index (χ3v) is 5.70. The Kier molecular flexibility index (Phi) is 10.4. The van der Waals surface area contributed by atoms with Gasteiger partial charge in [-0.05, 0) is 42.2 Å². The van der Waals surface area contributed by atoms with E-state index in [0.717, 1.165) is 26.2 Å². The van der Waals surface area contributed by atoms with Crippen molar-refractivity contribution in [2.75, 3.05) is 13.1 Å². The summed E-state index contributed by atoms with van der Waals surface area (Å²) in [6.45, 7) is 4.22. The molecule has 0 bridgehead atoms. The number of alkyl halides is 6. The van der Waals surface area contributed by atoms with Crippen molar-refractivity contribution in [3.8, 4) is 0 Å². The first kappa shape index (κ1) is 30.0. The van der Waals surface area contributed by atoms with Gasteiger partial charge >= 0.3 is 24.3 Å². The molecule has 2 fully saturated rings. The average molecular weight is 539 g/mol. The van der Waals surface area contributed by atoms with Crippen LogP contribution in [0.15, 0.2) is 48.8 Å². The van der Waals surface area contributed by atoms with E-state index in [0.29, 0.717) is 12.1 Å². The fourth-order valence-electron chi connectivity index (χ4n) is 4.11. The molecule has 0 aliphatic carbocycles. The molecule has 0 spiro atoms. The van der Waals surface area contributed by atoms with Crippen molar-refractivity contribution in [2.24, 2.45) is 0 Å². The van der Waals surface area contributed by atoms with E-state index in [1.54, 1.807) is 12.1 Å². The van der Waals surface area contributed by atoms with Gasteiger partial charge in [-0.25, -0.2) is 14.0 Å². The molecular weight excluding hydrogens is 515 g/mol. The lowest BCUT2D eigenvalue weighted by molar-refractivity contribution is -0.193. The first-order chi connectivity index (χ1) is 17.2. The maximum Gasteiger partial charge on any atom is 0.490 e. The summed E-state index contributed by atoms with van der Waals surface area (Å²) in [5.74, 6) is -5.67. The van der Waals surface area contributed by atoms with Gasteiger partial charge in [0.25, 0.3) is 0 Å². The maximum absolute atomic E-state index is 13.0. The number of benzene rings is 1. The van der Waals surface area contributed by atoms with Crippen LogP contribution >= 0.6 is 0 Å². The highest BCUT2D eigenvalue weighted by Crippen LogP contribution is 2.33. The topological polar surface area (TPSA) is 94.0 Å². The number of aromatic nitrogens is 1. The Bertz CT molecular complexity index is 994. The van der Waals surface area contributed by atoms with Crippen LogP contribution in [0, 0.1) is 5.82 Å². The Balaban J connectivity index is 0.000000286. The summed E-state index contributed by atoms with van der Waals surface area (Å²) in [6, 6.07) is 12.4. The number of halogens is 7. The average Bonchev–Trinajstić information content (AvgIpc) is 3.39. The van der Waals surface area contributed by atoms with Crippen molar-refractivity contribution in [1.29, 1.82) is 0 Å². The zero-order valence-corrected chi connectivity index (χ0v) is 19.2. The summed E-state index contributed by atoms with van der Waals surface area (Å²) < 4.78 is 76.5. The van der Waals surface area contributed by atoms with Gasteiger partial charge < -0.3 is 10.2 Å². The first-order valence-corrected chi connectivity index (χ1v) is 10.9. The molecule has 0 amide bonds. The third kappa shape index (κ3) is 9.61. The zero-order chi connectivity index (χ0) is 27.8. The summed E-state index contributed by atoms with van der Waals surface area (Å²) >= 11 is 0. The molecule has 37 heavy (non-hydrogen) atoms. The van der Waals surface area contributed by atoms with Crippen molar-refractivity contribution in [3.63, 3.8) is 0 Å². The second-order valence-corrected chi connectivity index (χ2v) is 8.25. The Morgan fingerprint density at radius 3 is 1.62 bits per heavy atom. The second-order valence-electron chi connectivity index (χ2n) is 8.25. The molecule has 0 unspecified atom stereocenters. The van der Waals surface area contributed by atoms with Crippen LogP contribution in [0.5, 0.6) is 0 Å². The van der Waals surface area contributed by atoms with Crippen LogP contribution in [0.3, 0.4) is 0 Å². The van der Waals surface area contributed by atoms with Gasteiger partial charge in [0.2, 0.25) is 0 Å². The van der Waals surface area contributed by atoms with Gasteiger partial charge in [0.05, 0.1) is 0 Å². The maximum atomic E-state index is 13.0. The fraction of sp³-hybridized carbons (Fsp3) is 0.435. The van der Waals surface area contributed by atoms with E-state index >= 15 is 0 Å². The Morgan fingerprint density at radius 1 is 0.811 bits per heavy atom. The van der Waals surface area contributed by atoms with E-state index in [1.165, 1.54) is 24.0 Å². The van der Waals surface area contributed by atoms with E-state index in [-0.39, 0.29) is 5.82 Å². The van der Waals surface area contributed by atoms with Crippen LogP contribution < -0.4 is 0 Å².